The molecule has 1 fully saturated rings. The van der Waals surface area contributed by atoms with Crippen molar-refractivity contribution in [2.45, 2.75) is 26.5 Å². The first-order valence-corrected chi connectivity index (χ1v) is 8.88. The van der Waals surface area contributed by atoms with E-state index in [1.54, 1.807) is 0 Å². The van der Waals surface area contributed by atoms with Crippen molar-refractivity contribution in [2.75, 3.05) is 36.6 Å². The number of hydrogen-bond acceptors (Lipinski definition) is 5. The summed E-state index contributed by atoms with van der Waals surface area (Å²) >= 11 is 0. The summed E-state index contributed by atoms with van der Waals surface area (Å²) in [6, 6.07) is 16.3. The molecule has 0 unspecified atom stereocenters. The number of hydrogen-bond donors (Lipinski definition) is 2. The lowest BCUT2D eigenvalue weighted by molar-refractivity contribution is 0.241. The van der Waals surface area contributed by atoms with Crippen molar-refractivity contribution in [3.63, 3.8) is 0 Å². The van der Waals surface area contributed by atoms with Gasteiger partial charge < -0.3 is 9.64 Å². The lowest BCUT2D eigenvalue weighted by atomic mass is 10.1. The molecule has 1 aliphatic rings. The van der Waals surface area contributed by atoms with Gasteiger partial charge in [-0.15, -0.1) is 0 Å². The minimum absolute atomic E-state index is 0.204. The molecule has 2 N–H and O–H groups in total. The van der Waals surface area contributed by atoms with E-state index in [2.05, 4.69) is 39.5 Å². The van der Waals surface area contributed by atoms with Crippen molar-refractivity contribution >= 4 is 11.4 Å². The minimum Gasteiger partial charge on any atom is -0.491 e. The third-order valence-corrected chi connectivity index (χ3v) is 4.44. The molecule has 25 heavy (non-hydrogen) atoms. The number of nitrogens with zero attached hydrogens (tertiary/aromatic N) is 2. The molecule has 2 aromatic rings. The molecule has 0 amide bonds. The molecule has 1 aliphatic heterocycles. The zero-order valence-electron chi connectivity index (χ0n) is 15.0. The van der Waals surface area contributed by atoms with Crippen molar-refractivity contribution in [1.29, 1.82) is 0 Å². The molecule has 0 radical (unpaired) electrons. The van der Waals surface area contributed by atoms with Gasteiger partial charge in [-0.2, -0.15) is 0 Å². The van der Waals surface area contributed by atoms with Crippen LogP contribution in [0.15, 0.2) is 48.5 Å². The average Bonchev–Trinajstić information content (AvgIpc) is 2.63. The Balaban J connectivity index is 1.54. The van der Waals surface area contributed by atoms with E-state index < -0.39 is 0 Å². The predicted octanol–water partition coefficient (Wildman–Crippen LogP) is 3.60. The first-order chi connectivity index (χ1) is 12.2. The third kappa shape index (κ3) is 4.65. The number of para-hydroxylation sites is 2. The summed E-state index contributed by atoms with van der Waals surface area (Å²) in [5.74, 6) is 0.927. The first-order valence-electron chi connectivity index (χ1n) is 8.88. The van der Waals surface area contributed by atoms with Crippen LogP contribution in [0.25, 0.3) is 0 Å². The smallest absolute Gasteiger partial charge is 0.119 e. The second-order valence-electron chi connectivity index (χ2n) is 6.70. The van der Waals surface area contributed by atoms with E-state index in [1.165, 1.54) is 5.56 Å². The molecule has 3 rings (SSSR count). The highest BCUT2D eigenvalue weighted by Gasteiger charge is 2.19. The fourth-order valence-corrected chi connectivity index (χ4v) is 3.19. The summed E-state index contributed by atoms with van der Waals surface area (Å²) in [6.45, 7) is 8.94. The predicted molar refractivity (Wildman–Crippen MR) is 102 cm³/mol. The molecule has 2 aromatic carbocycles. The van der Waals surface area contributed by atoms with Gasteiger partial charge >= 0.3 is 0 Å². The number of nitrogens with one attached hydrogen (secondary N) is 1. The first kappa shape index (κ1) is 17.6. The van der Waals surface area contributed by atoms with Crippen LogP contribution in [0.5, 0.6) is 5.75 Å². The molecule has 0 bridgehead atoms. The van der Waals surface area contributed by atoms with Gasteiger partial charge in [0.2, 0.25) is 0 Å². The summed E-state index contributed by atoms with van der Waals surface area (Å²) in [4.78, 5) is 4.78. The summed E-state index contributed by atoms with van der Waals surface area (Å²) in [6.07, 6.45) is 0.204. The largest absolute Gasteiger partial charge is 0.491 e. The molecule has 134 valence electrons. The Hall–Kier alpha value is -2.24. The van der Waals surface area contributed by atoms with Crippen molar-refractivity contribution < 1.29 is 9.94 Å². The molecule has 0 aromatic heterocycles. The van der Waals surface area contributed by atoms with Gasteiger partial charge in [0.05, 0.1) is 17.5 Å². The fraction of sp³-hybridized carbons (Fsp3) is 0.400. The molecule has 5 heteroatoms. The van der Waals surface area contributed by atoms with E-state index in [0.717, 1.165) is 49.8 Å². The minimum atomic E-state index is 0.204. The summed E-state index contributed by atoms with van der Waals surface area (Å²) in [7, 11) is 0. The fourth-order valence-electron chi connectivity index (χ4n) is 3.19. The normalized spacial score (nSPS) is 15.4. The quantitative estimate of drug-likeness (QED) is 0.786. The number of benzene rings is 2. The van der Waals surface area contributed by atoms with Gasteiger partial charge in [-0.05, 0) is 43.7 Å². The highest BCUT2D eigenvalue weighted by Crippen LogP contribution is 2.26. The van der Waals surface area contributed by atoms with Crippen molar-refractivity contribution in [2.24, 2.45) is 0 Å². The number of rotatable bonds is 6. The summed E-state index contributed by atoms with van der Waals surface area (Å²) < 4.78 is 5.70. The second-order valence-corrected chi connectivity index (χ2v) is 6.70. The molecule has 5 nitrogen and oxygen atoms in total. The summed E-state index contributed by atoms with van der Waals surface area (Å²) in [5, 5.41) is 9.28. The van der Waals surface area contributed by atoms with Gasteiger partial charge in [-0.1, -0.05) is 24.3 Å². The number of ether oxygens (including phenoxy) is 1. The summed E-state index contributed by atoms with van der Waals surface area (Å²) in [5.41, 5.74) is 5.42. The third-order valence-electron chi connectivity index (χ3n) is 4.44. The van der Waals surface area contributed by atoms with Crippen LogP contribution >= 0.6 is 0 Å². The van der Waals surface area contributed by atoms with Crippen LogP contribution < -0.4 is 15.1 Å². The van der Waals surface area contributed by atoms with Gasteiger partial charge in [0.25, 0.3) is 0 Å². The Kier molecular flexibility index (Phi) is 5.79. The molecular formula is C20H27N3O2. The lowest BCUT2D eigenvalue weighted by Gasteiger charge is -2.36. The van der Waals surface area contributed by atoms with Crippen LogP contribution in [0.4, 0.5) is 11.4 Å². The average molecular weight is 341 g/mol. The maximum absolute atomic E-state index is 9.28. The second kappa shape index (κ2) is 8.23. The standard InChI is InChI=1S/C20H27N3O2/c1-16(2)25-18-9-7-17(8-10-18)15-22-11-13-23(14-12-22)20-6-4-3-5-19(20)21-24/h3-10,16,21,24H,11-15H2,1-2H3. The molecular weight excluding hydrogens is 314 g/mol. The van der Waals surface area contributed by atoms with Gasteiger partial charge in [-0.25, -0.2) is 0 Å². The van der Waals surface area contributed by atoms with E-state index in [-0.39, 0.29) is 6.10 Å². The Morgan fingerprint density at radius 3 is 2.32 bits per heavy atom. The number of anilines is 2. The van der Waals surface area contributed by atoms with Gasteiger partial charge in [0.15, 0.2) is 0 Å². The van der Waals surface area contributed by atoms with Crippen LogP contribution in [-0.4, -0.2) is 42.4 Å². The molecule has 1 heterocycles. The van der Waals surface area contributed by atoms with E-state index >= 15 is 0 Å². The van der Waals surface area contributed by atoms with Crippen LogP contribution in [0, 0.1) is 0 Å². The van der Waals surface area contributed by atoms with Gasteiger partial charge in [0, 0.05) is 32.7 Å². The SMILES string of the molecule is CC(C)Oc1ccc(CN2CCN(c3ccccc3NO)CC2)cc1. The molecule has 0 atom stereocenters. The van der Waals surface area contributed by atoms with Gasteiger partial charge in [0.1, 0.15) is 5.75 Å². The maximum Gasteiger partial charge on any atom is 0.119 e. The van der Waals surface area contributed by atoms with Crippen molar-refractivity contribution in [3.05, 3.63) is 54.1 Å². The molecule has 0 aliphatic carbocycles. The highest BCUT2D eigenvalue weighted by molar-refractivity contribution is 5.69. The lowest BCUT2D eigenvalue weighted by Crippen LogP contribution is -2.46. The number of piperazine rings is 1. The van der Waals surface area contributed by atoms with Gasteiger partial charge in [-0.3, -0.25) is 15.6 Å². The zero-order valence-corrected chi connectivity index (χ0v) is 15.0. The van der Waals surface area contributed by atoms with E-state index in [0.29, 0.717) is 0 Å². The van der Waals surface area contributed by atoms with Crippen molar-refractivity contribution in [1.82, 2.24) is 4.90 Å². The van der Waals surface area contributed by atoms with Crippen LogP contribution in [0.2, 0.25) is 0 Å². The van der Waals surface area contributed by atoms with Crippen molar-refractivity contribution in [3.8, 4) is 5.75 Å². The molecule has 0 spiro atoms. The van der Waals surface area contributed by atoms with Crippen LogP contribution in [-0.2, 0) is 6.54 Å². The Bertz CT molecular complexity index is 665. The van der Waals surface area contributed by atoms with E-state index in [1.807, 2.05) is 38.1 Å². The maximum atomic E-state index is 9.28. The highest BCUT2D eigenvalue weighted by atomic mass is 16.5. The van der Waals surface area contributed by atoms with E-state index in [4.69, 9.17) is 4.74 Å². The zero-order chi connectivity index (χ0) is 17.6. The Morgan fingerprint density at radius 2 is 1.68 bits per heavy atom. The van der Waals surface area contributed by atoms with Crippen LogP contribution in [0.3, 0.4) is 0 Å². The van der Waals surface area contributed by atoms with Crippen LogP contribution in [0.1, 0.15) is 19.4 Å². The molecule has 1 saturated heterocycles. The topological polar surface area (TPSA) is 48.0 Å². The monoisotopic (exact) mass is 341 g/mol. The van der Waals surface area contributed by atoms with E-state index in [9.17, 15) is 5.21 Å². The molecule has 0 saturated carbocycles. The Morgan fingerprint density at radius 1 is 1.00 bits per heavy atom. The Labute approximate surface area is 149 Å².